The number of piperidine rings is 1. The molecule has 2 aliphatic heterocycles. The minimum Gasteiger partial charge on any atom is -0.374 e. The van der Waals surface area contributed by atoms with Crippen LogP contribution in [0.15, 0.2) is 4.99 Å². The summed E-state index contributed by atoms with van der Waals surface area (Å²) in [5, 5.41) is 0. The Balaban J connectivity index is 0.00000200. The molecule has 6 nitrogen and oxygen atoms in total. The van der Waals surface area contributed by atoms with Crippen molar-refractivity contribution in [2.45, 2.75) is 25.9 Å². The Morgan fingerprint density at radius 2 is 2.05 bits per heavy atom. The van der Waals surface area contributed by atoms with Gasteiger partial charge < -0.3 is 15.4 Å². The van der Waals surface area contributed by atoms with Crippen molar-refractivity contribution < 1.29 is 13.2 Å². The van der Waals surface area contributed by atoms with E-state index in [9.17, 15) is 8.42 Å². The van der Waals surface area contributed by atoms with Crippen LogP contribution in [0.1, 0.15) is 19.8 Å². The summed E-state index contributed by atoms with van der Waals surface area (Å²) in [6.45, 7) is 4.70. The van der Waals surface area contributed by atoms with Crippen molar-refractivity contribution in [1.82, 2.24) is 4.90 Å². The Kier molecular flexibility index (Phi) is 6.99. The molecule has 0 aromatic heterocycles. The highest BCUT2D eigenvalue weighted by atomic mass is 127. The van der Waals surface area contributed by atoms with Crippen LogP contribution in [-0.2, 0) is 14.6 Å². The molecule has 0 radical (unpaired) electrons. The van der Waals surface area contributed by atoms with Crippen LogP contribution in [0.25, 0.3) is 0 Å². The van der Waals surface area contributed by atoms with E-state index in [1.54, 1.807) is 0 Å². The Morgan fingerprint density at radius 1 is 1.40 bits per heavy atom. The van der Waals surface area contributed by atoms with Crippen LogP contribution in [0, 0.1) is 5.92 Å². The van der Waals surface area contributed by atoms with Gasteiger partial charge in [-0.3, -0.25) is 4.99 Å². The van der Waals surface area contributed by atoms with Crippen LogP contribution < -0.4 is 5.73 Å². The van der Waals surface area contributed by atoms with Gasteiger partial charge in [0, 0.05) is 13.1 Å². The lowest BCUT2D eigenvalue weighted by Crippen LogP contribution is -2.43. The number of likely N-dealkylation sites (tertiary alicyclic amines) is 1. The van der Waals surface area contributed by atoms with Crippen molar-refractivity contribution in [2.24, 2.45) is 16.6 Å². The normalized spacial score (nSPS) is 27.9. The molecular weight excluding hydrogens is 393 g/mol. The van der Waals surface area contributed by atoms with E-state index in [4.69, 9.17) is 10.5 Å². The predicted molar refractivity (Wildman–Crippen MR) is 90.3 cm³/mol. The molecule has 0 bridgehead atoms. The minimum atomic E-state index is -2.96. The molecule has 0 saturated carbocycles. The van der Waals surface area contributed by atoms with E-state index < -0.39 is 9.84 Å². The van der Waals surface area contributed by atoms with Crippen LogP contribution in [0.3, 0.4) is 0 Å². The third kappa shape index (κ3) is 5.36. The fraction of sp³-hybridized carbons (Fsp3) is 0.917. The first kappa shape index (κ1) is 18.0. The topological polar surface area (TPSA) is 85.0 Å². The van der Waals surface area contributed by atoms with Crippen LogP contribution in [-0.4, -0.2) is 63.1 Å². The number of nitrogens with two attached hydrogens (primary N) is 1. The first-order chi connectivity index (χ1) is 8.96. The van der Waals surface area contributed by atoms with Crippen molar-refractivity contribution in [3.05, 3.63) is 0 Å². The number of rotatable bonds is 2. The van der Waals surface area contributed by atoms with Crippen molar-refractivity contribution in [3.8, 4) is 0 Å². The van der Waals surface area contributed by atoms with Crippen LogP contribution in [0.4, 0.5) is 0 Å². The fourth-order valence-corrected chi connectivity index (χ4v) is 3.68. The van der Waals surface area contributed by atoms with Gasteiger partial charge in [-0.2, -0.15) is 0 Å². The highest BCUT2D eigenvalue weighted by molar-refractivity contribution is 14.0. The zero-order valence-electron chi connectivity index (χ0n) is 11.8. The van der Waals surface area contributed by atoms with Gasteiger partial charge in [0.05, 0.1) is 30.8 Å². The van der Waals surface area contributed by atoms with E-state index >= 15 is 0 Å². The van der Waals surface area contributed by atoms with Gasteiger partial charge in [-0.15, -0.1) is 24.0 Å². The fourth-order valence-electron chi connectivity index (χ4n) is 2.39. The van der Waals surface area contributed by atoms with Crippen molar-refractivity contribution >= 4 is 39.8 Å². The maximum absolute atomic E-state index is 11.5. The van der Waals surface area contributed by atoms with Gasteiger partial charge in [0.1, 0.15) is 0 Å². The quantitative estimate of drug-likeness (QED) is 0.401. The monoisotopic (exact) mass is 417 g/mol. The molecule has 2 heterocycles. The molecule has 0 spiro atoms. The summed E-state index contributed by atoms with van der Waals surface area (Å²) >= 11 is 0. The number of aliphatic imine (C=N–C) groups is 1. The molecule has 0 aromatic rings. The van der Waals surface area contributed by atoms with Crippen molar-refractivity contribution in [1.29, 1.82) is 0 Å². The molecule has 2 fully saturated rings. The molecule has 1 unspecified atom stereocenters. The smallest absolute Gasteiger partial charge is 0.191 e. The Morgan fingerprint density at radius 3 is 2.65 bits per heavy atom. The summed E-state index contributed by atoms with van der Waals surface area (Å²) in [7, 11) is -2.96. The first-order valence-corrected chi connectivity index (χ1v) is 8.65. The molecule has 2 aliphatic rings. The molecule has 0 aliphatic carbocycles. The number of guanidine groups is 1. The lowest BCUT2D eigenvalue weighted by Gasteiger charge is -2.31. The summed E-state index contributed by atoms with van der Waals surface area (Å²) < 4.78 is 28.4. The average molecular weight is 417 g/mol. The molecule has 2 rings (SSSR count). The Bertz CT molecular complexity index is 433. The van der Waals surface area contributed by atoms with Gasteiger partial charge >= 0.3 is 0 Å². The second-order valence-corrected chi connectivity index (χ2v) is 7.70. The van der Waals surface area contributed by atoms with E-state index in [0.717, 1.165) is 31.8 Å². The lowest BCUT2D eigenvalue weighted by molar-refractivity contribution is 0.0780. The minimum absolute atomic E-state index is 0. The van der Waals surface area contributed by atoms with E-state index in [1.165, 1.54) is 0 Å². The molecule has 8 heteroatoms. The highest BCUT2D eigenvalue weighted by Crippen LogP contribution is 2.15. The second kappa shape index (κ2) is 7.79. The first-order valence-electron chi connectivity index (χ1n) is 6.83. The number of hydrogen-bond acceptors (Lipinski definition) is 4. The summed E-state index contributed by atoms with van der Waals surface area (Å²) in [5.41, 5.74) is 5.95. The van der Waals surface area contributed by atoms with Crippen LogP contribution >= 0.6 is 24.0 Å². The number of ether oxygens (including phenoxy) is 1. The van der Waals surface area contributed by atoms with Gasteiger partial charge in [-0.05, 0) is 18.8 Å². The third-order valence-corrected chi connectivity index (χ3v) is 5.42. The maximum Gasteiger partial charge on any atom is 0.191 e. The van der Waals surface area contributed by atoms with Gasteiger partial charge in [-0.25, -0.2) is 8.42 Å². The second-order valence-electron chi connectivity index (χ2n) is 5.48. The molecule has 1 atom stereocenters. The van der Waals surface area contributed by atoms with Crippen molar-refractivity contribution in [3.63, 3.8) is 0 Å². The van der Waals surface area contributed by atoms with Crippen LogP contribution in [0.2, 0.25) is 0 Å². The van der Waals surface area contributed by atoms with Gasteiger partial charge in [-0.1, -0.05) is 6.92 Å². The summed E-state index contributed by atoms with van der Waals surface area (Å²) in [5.74, 6) is 1.43. The maximum atomic E-state index is 11.5. The SMILES string of the molecule is CC1CCN(C(N)=NCC2CS(=O)(=O)CCO2)CC1.I. The van der Waals surface area contributed by atoms with E-state index in [-0.39, 0.29) is 48.2 Å². The standard InChI is InChI=1S/C12H23N3O3S.HI/c1-10-2-4-15(5-3-10)12(13)14-8-11-9-19(16,17)7-6-18-11;/h10-11H,2-9H2,1H3,(H2,13,14);1H. The highest BCUT2D eigenvalue weighted by Gasteiger charge is 2.25. The van der Waals surface area contributed by atoms with E-state index in [2.05, 4.69) is 16.8 Å². The summed E-state index contributed by atoms with van der Waals surface area (Å²) in [4.78, 5) is 6.36. The molecule has 0 aromatic carbocycles. The van der Waals surface area contributed by atoms with Crippen LogP contribution in [0.5, 0.6) is 0 Å². The summed E-state index contributed by atoms with van der Waals surface area (Å²) in [6, 6.07) is 0. The Labute approximate surface area is 138 Å². The molecule has 2 saturated heterocycles. The number of hydrogen-bond donors (Lipinski definition) is 1. The molecule has 20 heavy (non-hydrogen) atoms. The number of halogens is 1. The largest absolute Gasteiger partial charge is 0.374 e. The van der Waals surface area contributed by atoms with E-state index in [1.807, 2.05) is 0 Å². The average Bonchev–Trinajstić information content (AvgIpc) is 2.36. The molecule has 118 valence electrons. The molecule has 2 N–H and O–H groups in total. The lowest BCUT2D eigenvalue weighted by atomic mass is 10.00. The zero-order chi connectivity index (χ0) is 13.9. The third-order valence-electron chi connectivity index (χ3n) is 3.75. The number of nitrogens with zero attached hydrogens (tertiary/aromatic N) is 2. The van der Waals surface area contributed by atoms with Gasteiger partial charge in [0.25, 0.3) is 0 Å². The predicted octanol–water partition coefficient (Wildman–Crippen LogP) is 0.465. The van der Waals surface area contributed by atoms with Gasteiger partial charge in [0.2, 0.25) is 0 Å². The zero-order valence-corrected chi connectivity index (χ0v) is 15.0. The number of sulfone groups is 1. The van der Waals surface area contributed by atoms with Crippen molar-refractivity contribution in [2.75, 3.05) is 37.7 Å². The molecule has 0 amide bonds. The van der Waals surface area contributed by atoms with Gasteiger partial charge in [0.15, 0.2) is 15.8 Å². The van der Waals surface area contributed by atoms with E-state index in [0.29, 0.717) is 12.5 Å². The summed E-state index contributed by atoms with van der Waals surface area (Å²) in [6.07, 6.45) is 1.91. The Hall–Kier alpha value is -0.0900. The molecular formula is C12H24IN3O3S.